The summed E-state index contributed by atoms with van der Waals surface area (Å²) in [5.74, 6) is -5.81. The number of anilines is 2. The molecular weight excluding hydrogens is 763 g/mol. The number of non-ortho nitro benzene ring substituents is 1. The molecule has 4 amide bonds. The summed E-state index contributed by atoms with van der Waals surface area (Å²) in [4.78, 5) is 71.3. The lowest BCUT2D eigenvalue weighted by Gasteiger charge is -2.50. The molecule has 6 unspecified atom stereocenters. The molecule has 0 aromatic heterocycles. The summed E-state index contributed by atoms with van der Waals surface area (Å²) in [7, 11) is 1.52. The topological polar surface area (TPSA) is 169 Å². The molecule has 6 atom stereocenters. The maximum absolute atomic E-state index is 15.5. The van der Waals surface area contributed by atoms with Gasteiger partial charge in [0.2, 0.25) is 11.8 Å². The number of benzene rings is 4. The molecule has 15 heteroatoms. The molecule has 2 aliphatic carbocycles. The Morgan fingerprint density at radius 2 is 1.70 bits per heavy atom. The Bertz CT molecular complexity index is 2340. The number of imide groups is 2. The average Bonchev–Trinajstić information content (AvgIpc) is 3.58. The number of nitrogens with zero attached hydrogens (tertiary/aromatic N) is 3. The third-order valence-corrected chi connectivity index (χ3v) is 12.0. The number of nitro groups is 1. The molecule has 2 N–H and O–H groups in total. The lowest BCUT2D eigenvalue weighted by atomic mass is 9.49. The first-order valence-corrected chi connectivity index (χ1v) is 18.7. The number of nitrogens with one attached hydrogen (secondary N) is 1. The second-order valence-corrected chi connectivity index (χ2v) is 15.0. The average molecular weight is 798 g/mol. The van der Waals surface area contributed by atoms with Crippen molar-refractivity contribution in [2.75, 3.05) is 30.6 Å². The van der Waals surface area contributed by atoms with Crippen molar-refractivity contribution < 1.29 is 38.7 Å². The van der Waals surface area contributed by atoms with E-state index in [0.29, 0.717) is 33.2 Å². The Labute approximate surface area is 330 Å². The molecule has 4 aliphatic rings. The van der Waals surface area contributed by atoms with Gasteiger partial charge in [0.05, 0.1) is 58.2 Å². The van der Waals surface area contributed by atoms with E-state index >= 15 is 9.59 Å². The number of hydrogen-bond acceptors (Lipinski definition) is 10. The molecule has 0 radical (unpaired) electrons. The zero-order valence-corrected chi connectivity index (χ0v) is 31.3. The largest absolute Gasteiger partial charge is 0.497 e. The number of ether oxygens (including phenoxy) is 2. The number of para-hydroxylation sites is 1. The quantitative estimate of drug-likeness (QED) is 0.0786. The Morgan fingerprint density at radius 1 is 0.929 bits per heavy atom. The van der Waals surface area contributed by atoms with E-state index in [1.54, 1.807) is 60.7 Å². The van der Waals surface area contributed by atoms with Gasteiger partial charge in [0, 0.05) is 28.6 Å². The third kappa shape index (κ3) is 5.72. The SMILES string of the molecule is COc1ccc(C23C(=O)N(Nc4ccc(Cl)cc4Cl)C(=O)C2CC2C(=CCC4C(=O)N(c5cccc([N+](=O)[O-])c5)C(=O)C42)C3c2ccccc2OCCO)cc1. The smallest absolute Gasteiger partial charge is 0.271 e. The van der Waals surface area contributed by atoms with Gasteiger partial charge in [-0.2, -0.15) is 5.01 Å². The molecular formula is C41H34Cl2N4O9. The summed E-state index contributed by atoms with van der Waals surface area (Å²) in [5, 5.41) is 22.9. The fourth-order valence-electron chi connectivity index (χ4n) is 9.19. The number of carbonyl (C=O) groups is 4. The van der Waals surface area contributed by atoms with Gasteiger partial charge in [0.25, 0.3) is 17.5 Å². The highest BCUT2D eigenvalue weighted by Crippen LogP contribution is 2.65. The first kappa shape index (κ1) is 37.2. The second kappa shape index (κ2) is 14.4. The van der Waals surface area contributed by atoms with E-state index in [1.807, 2.05) is 6.08 Å². The van der Waals surface area contributed by atoms with Crippen molar-refractivity contribution in [3.05, 3.63) is 134 Å². The van der Waals surface area contributed by atoms with Gasteiger partial charge >= 0.3 is 0 Å². The lowest BCUT2D eigenvalue weighted by Crippen LogP contribution is -2.53. The monoisotopic (exact) mass is 796 g/mol. The first-order chi connectivity index (χ1) is 27.0. The van der Waals surface area contributed by atoms with Gasteiger partial charge in [0.1, 0.15) is 18.1 Å². The highest BCUT2D eigenvalue weighted by atomic mass is 35.5. The van der Waals surface area contributed by atoms with Crippen LogP contribution in [0, 0.1) is 33.8 Å². The molecule has 1 saturated carbocycles. The minimum absolute atomic E-state index is 0.00803. The predicted molar refractivity (Wildman–Crippen MR) is 205 cm³/mol. The van der Waals surface area contributed by atoms with Crippen LogP contribution in [-0.2, 0) is 24.6 Å². The lowest BCUT2D eigenvalue weighted by molar-refractivity contribution is -0.384. The van der Waals surface area contributed by atoms with Crippen molar-refractivity contribution in [2.24, 2.45) is 23.7 Å². The highest BCUT2D eigenvalue weighted by Gasteiger charge is 2.70. The van der Waals surface area contributed by atoms with Crippen LogP contribution in [0.3, 0.4) is 0 Å². The van der Waals surface area contributed by atoms with Crippen molar-refractivity contribution in [2.45, 2.75) is 24.2 Å². The molecule has 8 rings (SSSR count). The summed E-state index contributed by atoms with van der Waals surface area (Å²) in [6.07, 6.45) is 2.04. The minimum Gasteiger partial charge on any atom is -0.497 e. The number of amides is 4. The second-order valence-electron chi connectivity index (χ2n) is 14.1. The van der Waals surface area contributed by atoms with Crippen LogP contribution in [0.5, 0.6) is 11.5 Å². The van der Waals surface area contributed by atoms with Crippen LogP contribution in [-0.4, -0.2) is 59.0 Å². The summed E-state index contributed by atoms with van der Waals surface area (Å²) in [6.45, 7) is -0.349. The standard InChI is InChI=1S/C41H34Cl2N4O9/c1-55-26-12-9-22(10-13-26)41-31(38(50)46(40(41)52)44-33-16-11-23(42)19-32(33)43)21-30-27(36(41)28-7-2-3-8-34(28)56-18-17-48)14-15-29-35(30)39(51)45(37(29)49)24-5-4-6-25(20-24)47(53)54/h2-14,16,19-20,29-31,35-36,44,48H,15,17-18,21H2,1H3. The number of aliphatic hydroxyl groups is 1. The summed E-state index contributed by atoms with van der Waals surface area (Å²) < 4.78 is 11.6. The number of fused-ring (bicyclic) bond motifs is 4. The van der Waals surface area contributed by atoms with E-state index in [2.05, 4.69) is 5.43 Å². The van der Waals surface area contributed by atoms with Crippen molar-refractivity contribution in [1.82, 2.24) is 5.01 Å². The molecule has 286 valence electrons. The van der Waals surface area contributed by atoms with Gasteiger partial charge < -0.3 is 14.6 Å². The molecule has 13 nitrogen and oxygen atoms in total. The number of hydrogen-bond donors (Lipinski definition) is 2. The van der Waals surface area contributed by atoms with Crippen LogP contribution in [0.25, 0.3) is 0 Å². The van der Waals surface area contributed by atoms with Crippen molar-refractivity contribution in [3.8, 4) is 11.5 Å². The van der Waals surface area contributed by atoms with E-state index in [9.17, 15) is 24.8 Å². The number of aliphatic hydroxyl groups excluding tert-OH is 1. The fraction of sp³-hybridized carbons (Fsp3) is 0.268. The molecule has 4 aromatic rings. The van der Waals surface area contributed by atoms with E-state index in [0.717, 1.165) is 9.91 Å². The molecule has 3 fully saturated rings. The number of nitro benzene ring substituents is 1. The van der Waals surface area contributed by atoms with Crippen LogP contribution in [0.4, 0.5) is 17.1 Å². The first-order valence-electron chi connectivity index (χ1n) is 17.9. The molecule has 0 spiro atoms. The Balaban J connectivity index is 1.33. The summed E-state index contributed by atoms with van der Waals surface area (Å²) in [6, 6.07) is 24.0. The van der Waals surface area contributed by atoms with E-state index < -0.39 is 63.6 Å². The molecule has 2 saturated heterocycles. The van der Waals surface area contributed by atoms with E-state index in [4.69, 9.17) is 32.7 Å². The molecule has 0 bridgehead atoms. The maximum atomic E-state index is 15.5. The Hall–Kier alpha value is -5.76. The molecule has 2 heterocycles. The third-order valence-electron chi connectivity index (χ3n) is 11.5. The van der Waals surface area contributed by atoms with Crippen molar-refractivity contribution >= 4 is 63.9 Å². The van der Waals surface area contributed by atoms with Gasteiger partial charge in [-0.1, -0.05) is 71.2 Å². The molecule has 56 heavy (non-hydrogen) atoms. The summed E-state index contributed by atoms with van der Waals surface area (Å²) in [5.41, 5.74) is 3.11. The number of carbonyl (C=O) groups excluding carboxylic acids is 4. The highest BCUT2D eigenvalue weighted by molar-refractivity contribution is 6.36. The van der Waals surface area contributed by atoms with Crippen molar-refractivity contribution in [1.29, 1.82) is 0 Å². The number of halogens is 2. The normalized spacial score (nSPS) is 25.4. The van der Waals surface area contributed by atoms with Crippen LogP contribution in [0.1, 0.15) is 29.9 Å². The van der Waals surface area contributed by atoms with E-state index in [-0.39, 0.29) is 48.1 Å². The number of hydrazine groups is 1. The number of methoxy groups -OCH3 is 1. The zero-order valence-electron chi connectivity index (χ0n) is 29.8. The molecule has 2 aliphatic heterocycles. The Morgan fingerprint density at radius 3 is 2.41 bits per heavy atom. The van der Waals surface area contributed by atoms with Gasteiger partial charge in [-0.3, -0.25) is 34.7 Å². The summed E-state index contributed by atoms with van der Waals surface area (Å²) >= 11 is 12.7. The van der Waals surface area contributed by atoms with E-state index in [1.165, 1.54) is 37.4 Å². The van der Waals surface area contributed by atoms with Crippen molar-refractivity contribution in [3.63, 3.8) is 0 Å². The maximum Gasteiger partial charge on any atom is 0.271 e. The van der Waals surface area contributed by atoms with Crippen LogP contribution in [0.15, 0.2) is 103 Å². The zero-order chi connectivity index (χ0) is 39.5. The Kier molecular flexibility index (Phi) is 9.55. The van der Waals surface area contributed by atoms with Gasteiger partial charge in [0.15, 0.2) is 0 Å². The van der Waals surface area contributed by atoms with Crippen LogP contribution < -0.4 is 19.8 Å². The number of rotatable bonds is 10. The van der Waals surface area contributed by atoms with Crippen LogP contribution in [0.2, 0.25) is 10.0 Å². The van der Waals surface area contributed by atoms with Crippen LogP contribution >= 0.6 is 23.2 Å². The predicted octanol–water partition coefficient (Wildman–Crippen LogP) is 6.47. The van der Waals surface area contributed by atoms with Gasteiger partial charge in [-0.15, -0.1) is 0 Å². The van der Waals surface area contributed by atoms with Gasteiger partial charge in [-0.05, 0) is 66.8 Å². The van der Waals surface area contributed by atoms with Gasteiger partial charge in [-0.25, -0.2) is 4.90 Å². The molecule has 4 aromatic carbocycles. The number of allylic oxidation sites excluding steroid dienone is 2. The minimum atomic E-state index is -1.63. The fourth-order valence-corrected chi connectivity index (χ4v) is 9.64.